The van der Waals surface area contributed by atoms with Crippen molar-refractivity contribution in [3.05, 3.63) is 76.6 Å². The minimum Gasteiger partial charge on any atom is -0.489 e. The Hall–Kier alpha value is -3.16. The molecule has 0 N–H and O–H groups in total. The van der Waals surface area contributed by atoms with Gasteiger partial charge in [-0.15, -0.1) is 0 Å². The Morgan fingerprint density at radius 1 is 1.03 bits per heavy atom. The fourth-order valence-electron chi connectivity index (χ4n) is 3.37. The number of benzene rings is 2. The topological polar surface area (TPSA) is 78.2 Å². The number of rotatable bonds is 7. The third-order valence-electron chi connectivity index (χ3n) is 4.89. The van der Waals surface area contributed by atoms with Crippen LogP contribution in [0.15, 0.2) is 69.9 Å². The summed E-state index contributed by atoms with van der Waals surface area (Å²) in [6.07, 6.45) is -0.512. The molecule has 4 rings (SSSR count). The van der Waals surface area contributed by atoms with E-state index in [1.54, 1.807) is 36.4 Å². The summed E-state index contributed by atoms with van der Waals surface area (Å²) in [5.74, 6) is -0.000481. The van der Waals surface area contributed by atoms with Crippen LogP contribution < -0.4 is 10.4 Å². The zero-order chi connectivity index (χ0) is 20.8. The van der Waals surface area contributed by atoms with E-state index in [4.69, 9.17) is 18.6 Å². The summed E-state index contributed by atoms with van der Waals surface area (Å²) in [6, 6.07) is 17.3. The first kappa shape index (κ1) is 20.1. The molecule has 1 atom stereocenters. The second-order valence-electron chi connectivity index (χ2n) is 7.04. The van der Waals surface area contributed by atoms with E-state index in [1.807, 2.05) is 18.2 Å². The van der Waals surface area contributed by atoms with E-state index in [-0.39, 0.29) is 6.61 Å². The highest BCUT2D eigenvalue weighted by atomic mass is 16.6. The van der Waals surface area contributed by atoms with E-state index < -0.39 is 17.7 Å². The Balaban J connectivity index is 1.50. The average molecular weight is 409 g/mol. The average Bonchev–Trinajstić information content (AvgIpc) is 2.78. The molecule has 0 amide bonds. The fourth-order valence-corrected chi connectivity index (χ4v) is 3.37. The minimum atomic E-state index is -0.512. The molecule has 0 radical (unpaired) electrons. The van der Waals surface area contributed by atoms with Crippen molar-refractivity contribution in [3.63, 3.8) is 0 Å². The molecule has 2 heterocycles. The van der Waals surface area contributed by atoms with E-state index in [9.17, 15) is 9.59 Å². The molecular weight excluding hydrogens is 386 g/mol. The van der Waals surface area contributed by atoms with Crippen molar-refractivity contribution in [2.24, 2.45) is 0 Å². The number of hydrogen-bond donors (Lipinski definition) is 0. The summed E-state index contributed by atoms with van der Waals surface area (Å²) in [6.45, 7) is 3.44. The largest absolute Gasteiger partial charge is 0.489 e. The van der Waals surface area contributed by atoms with Gasteiger partial charge in [-0.2, -0.15) is 0 Å². The molecule has 1 saturated heterocycles. The third-order valence-corrected chi connectivity index (χ3v) is 4.89. The maximum Gasteiger partial charge on any atom is 0.339 e. The third kappa shape index (κ3) is 5.06. The minimum absolute atomic E-state index is 0.114. The maximum absolute atomic E-state index is 12.6. The van der Waals surface area contributed by atoms with Gasteiger partial charge in [-0.3, -0.25) is 4.90 Å². The number of carbonyl (C=O) groups excluding carboxylic acids is 1. The molecule has 7 heteroatoms. The van der Waals surface area contributed by atoms with Crippen LogP contribution in [0.25, 0.3) is 11.0 Å². The summed E-state index contributed by atoms with van der Waals surface area (Å²) in [7, 11) is 0. The molecule has 1 aliphatic rings. The summed E-state index contributed by atoms with van der Waals surface area (Å²) in [5, 5.41) is 0.691. The van der Waals surface area contributed by atoms with E-state index in [0.29, 0.717) is 42.0 Å². The smallest absolute Gasteiger partial charge is 0.339 e. The van der Waals surface area contributed by atoms with Crippen molar-refractivity contribution < 1.29 is 23.4 Å². The lowest BCUT2D eigenvalue weighted by Crippen LogP contribution is -2.44. The molecule has 156 valence electrons. The predicted molar refractivity (Wildman–Crippen MR) is 111 cm³/mol. The number of morpholine rings is 1. The first-order valence-electron chi connectivity index (χ1n) is 9.91. The van der Waals surface area contributed by atoms with Gasteiger partial charge in [0.15, 0.2) is 0 Å². The van der Waals surface area contributed by atoms with Crippen molar-refractivity contribution in [1.82, 2.24) is 4.90 Å². The maximum atomic E-state index is 12.6. The lowest BCUT2D eigenvalue weighted by molar-refractivity contribution is -0.0152. The molecule has 7 nitrogen and oxygen atoms in total. The van der Waals surface area contributed by atoms with Gasteiger partial charge in [-0.25, -0.2) is 9.59 Å². The zero-order valence-corrected chi connectivity index (χ0v) is 16.5. The molecule has 3 aromatic rings. The second kappa shape index (κ2) is 9.56. The number of nitrogens with zero attached hydrogens (tertiary/aromatic N) is 1. The van der Waals surface area contributed by atoms with Gasteiger partial charge in [0.05, 0.1) is 30.2 Å². The van der Waals surface area contributed by atoms with E-state index >= 15 is 0 Å². The molecule has 1 fully saturated rings. The quantitative estimate of drug-likeness (QED) is 0.439. The van der Waals surface area contributed by atoms with Crippen LogP contribution in [0.4, 0.5) is 0 Å². The van der Waals surface area contributed by atoms with Crippen LogP contribution in [-0.4, -0.2) is 56.4 Å². The van der Waals surface area contributed by atoms with Gasteiger partial charge >= 0.3 is 11.6 Å². The second-order valence-corrected chi connectivity index (χ2v) is 7.04. The highest BCUT2D eigenvalue weighted by Crippen LogP contribution is 2.23. The number of para-hydroxylation sites is 1. The van der Waals surface area contributed by atoms with Crippen LogP contribution in [0, 0.1) is 0 Å². The Kier molecular flexibility index (Phi) is 6.41. The molecule has 1 unspecified atom stereocenters. The first-order chi connectivity index (χ1) is 14.7. The summed E-state index contributed by atoms with van der Waals surface area (Å²) in [5.41, 5.74) is 0.441. The van der Waals surface area contributed by atoms with Crippen molar-refractivity contribution >= 4 is 16.9 Å². The van der Waals surface area contributed by atoms with Crippen LogP contribution in [0.2, 0.25) is 0 Å². The molecular formula is C23H23NO6. The van der Waals surface area contributed by atoms with E-state index in [0.717, 1.165) is 13.1 Å². The van der Waals surface area contributed by atoms with Crippen LogP contribution in [0.1, 0.15) is 10.4 Å². The Morgan fingerprint density at radius 2 is 1.77 bits per heavy atom. The normalized spacial score (nSPS) is 15.6. The van der Waals surface area contributed by atoms with Crippen molar-refractivity contribution in [3.8, 4) is 5.75 Å². The Bertz CT molecular complexity index is 1040. The van der Waals surface area contributed by atoms with Crippen LogP contribution in [-0.2, 0) is 9.47 Å². The monoisotopic (exact) mass is 409 g/mol. The number of esters is 1. The van der Waals surface area contributed by atoms with Gasteiger partial charge in [0.1, 0.15) is 24.0 Å². The van der Waals surface area contributed by atoms with Gasteiger partial charge in [0.2, 0.25) is 0 Å². The van der Waals surface area contributed by atoms with E-state index in [2.05, 4.69) is 4.90 Å². The molecule has 1 aromatic heterocycles. The zero-order valence-electron chi connectivity index (χ0n) is 16.5. The van der Waals surface area contributed by atoms with Gasteiger partial charge < -0.3 is 18.6 Å². The predicted octanol–water partition coefficient (Wildman–Crippen LogP) is 2.73. The van der Waals surface area contributed by atoms with E-state index in [1.165, 1.54) is 6.07 Å². The van der Waals surface area contributed by atoms with Crippen LogP contribution in [0.5, 0.6) is 5.75 Å². The standard InChI is InChI=1S/C23H23NO6/c25-22-14-21(19-8-4-5-9-20(19)30-22)28-16-18(15-24-10-12-27-13-11-24)29-23(26)17-6-2-1-3-7-17/h1-9,14,18H,10-13,15-16H2. The SMILES string of the molecule is O=C(OC(COc1cc(=O)oc2ccccc12)CN1CCOCC1)c1ccccc1. The highest BCUT2D eigenvalue weighted by molar-refractivity contribution is 5.89. The molecule has 1 aliphatic heterocycles. The summed E-state index contributed by atoms with van der Waals surface area (Å²) < 4.78 is 22.3. The molecule has 0 spiro atoms. The van der Waals surface area contributed by atoms with Gasteiger partial charge in [0.25, 0.3) is 0 Å². The highest BCUT2D eigenvalue weighted by Gasteiger charge is 2.22. The molecule has 2 aromatic carbocycles. The number of hydrogen-bond acceptors (Lipinski definition) is 7. The molecule has 30 heavy (non-hydrogen) atoms. The Labute approximate surface area is 173 Å². The molecule has 0 saturated carbocycles. The van der Waals surface area contributed by atoms with Gasteiger partial charge in [-0.05, 0) is 24.3 Å². The molecule has 0 bridgehead atoms. The fraction of sp³-hybridized carbons (Fsp3) is 0.304. The summed E-state index contributed by atoms with van der Waals surface area (Å²) in [4.78, 5) is 26.6. The van der Waals surface area contributed by atoms with Gasteiger partial charge in [-0.1, -0.05) is 30.3 Å². The molecule has 0 aliphatic carbocycles. The number of ether oxygens (including phenoxy) is 3. The van der Waals surface area contributed by atoms with Crippen LogP contribution in [0.3, 0.4) is 0 Å². The number of carbonyl (C=O) groups is 1. The summed E-state index contributed by atoms with van der Waals surface area (Å²) >= 11 is 0. The number of fused-ring (bicyclic) bond motifs is 1. The van der Waals surface area contributed by atoms with Crippen molar-refractivity contribution in [2.45, 2.75) is 6.10 Å². The first-order valence-corrected chi connectivity index (χ1v) is 9.91. The Morgan fingerprint density at radius 3 is 2.57 bits per heavy atom. The van der Waals surface area contributed by atoms with Crippen LogP contribution >= 0.6 is 0 Å². The van der Waals surface area contributed by atoms with Crippen molar-refractivity contribution in [2.75, 3.05) is 39.5 Å². The van der Waals surface area contributed by atoms with Crippen molar-refractivity contribution in [1.29, 1.82) is 0 Å². The lowest BCUT2D eigenvalue weighted by atomic mass is 10.2. The lowest BCUT2D eigenvalue weighted by Gasteiger charge is -2.30. The van der Waals surface area contributed by atoms with Gasteiger partial charge in [0, 0.05) is 19.6 Å².